The van der Waals surface area contributed by atoms with E-state index in [-0.39, 0.29) is 5.91 Å². The van der Waals surface area contributed by atoms with Gasteiger partial charge in [0.15, 0.2) is 0 Å². The molecule has 1 fully saturated rings. The summed E-state index contributed by atoms with van der Waals surface area (Å²) in [7, 11) is 0. The van der Waals surface area contributed by atoms with Crippen LogP contribution in [0.2, 0.25) is 0 Å². The maximum atomic E-state index is 12.1. The third kappa shape index (κ3) is 2.87. The van der Waals surface area contributed by atoms with E-state index in [1.807, 2.05) is 24.3 Å². The SMILES string of the molecule is O=C(CC1CCCC1)Nc1ccccc1-n1cncn1. The lowest BCUT2D eigenvalue weighted by Gasteiger charge is -2.12. The number of benzene rings is 1. The van der Waals surface area contributed by atoms with Gasteiger partial charge in [0.25, 0.3) is 0 Å². The highest BCUT2D eigenvalue weighted by Crippen LogP contribution is 2.28. The molecule has 1 aliphatic carbocycles. The molecule has 1 aliphatic rings. The normalized spacial score (nSPS) is 15.4. The topological polar surface area (TPSA) is 59.8 Å². The first-order valence-corrected chi connectivity index (χ1v) is 7.07. The average molecular weight is 270 g/mol. The molecule has 0 aliphatic heterocycles. The summed E-state index contributed by atoms with van der Waals surface area (Å²) in [6.07, 6.45) is 8.60. The predicted octanol–water partition coefficient (Wildman–Crippen LogP) is 2.79. The summed E-state index contributed by atoms with van der Waals surface area (Å²) in [6.45, 7) is 0. The Labute approximate surface area is 118 Å². The molecule has 0 atom stereocenters. The Hall–Kier alpha value is -2.17. The highest BCUT2D eigenvalue weighted by Gasteiger charge is 2.19. The number of hydrogen-bond acceptors (Lipinski definition) is 3. The molecular formula is C15H18N4O. The fraction of sp³-hybridized carbons (Fsp3) is 0.400. The summed E-state index contributed by atoms with van der Waals surface area (Å²) in [5.41, 5.74) is 1.62. The van der Waals surface area contributed by atoms with Gasteiger partial charge in [-0.2, -0.15) is 5.10 Å². The Balaban J connectivity index is 1.72. The van der Waals surface area contributed by atoms with E-state index in [1.54, 1.807) is 11.0 Å². The number of rotatable bonds is 4. The number of carbonyl (C=O) groups is 1. The molecule has 0 bridgehead atoms. The van der Waals surface area contributed by atoms with E-state index in [1.165, 1.54) is 32.0 Å². The van der Waals surface area contributed by atoms with Gasteiger partial charge in [0.2, 0.25) is 5.91 Å². The van der Waals surface area contributed by atoms with Gasteiger partial charge in [0.05, 0.1) is 11.4 Å². The molecule has 1 aromatic heterocycles. The molecule has 3 rings (SSSR count). The van der Waals surface area contributed by atoms with Crippen LogP contribution in [0.1, 0.15) is 32.1 Å². The van der Waals surface area contributed by atoms with Crippen LogP contribution in [0.5, 0.6) is 0 Å². The largest absolute Gasteiger partial charge is 0.324 e. The molecule has 0 radical (unpaired) electrons. The maximum Gasteiger partial charge on any atom is 0.224 e. The van der Waals surface area contributed by atoms with Crippen LogP contribution < -0.4 is 5.32 Å². The predicted molar refractivity (Wildman–Crippen MR) is 76.6 cm³/mol. The minimum Gasteiger partial charge on any atom is -0.324 e. The second kappa shape index (κ2) is 5.86. The van der Waals surface area contributed by atoms with E-state index >= 15 is 0 Å². The molecule has 1 saturated carbocycles. The molecule has 5 heteroatoms. The minimum absolute atomic E-state index is 0.0875. The molecule has 20 heavy (non-hydrogen) atoms. The zero-order valence-corrected chi connectivity index (χ0v) is 11.3. The summed E-state index contributed by atoms with van der Waals surface area (Å²) < 4.78 is 1.66. The molecule has 1 aromatic carbocycles. The monoisotopic (exact) mass is 270 g/mol. The van der Waals surface area contributed by atoms with Crippen LogP contribution in [0.3, 0.4) is 0 Å². The van der Waals surface area contributed by atoms with Crippen LogP contribution in [0, 0.1) is 5.92 Å². The Morgan fingerprint density at radius 3 is 2.85 bits per heavy atom. The lowest BCUT2D eigenvalue weighted by Crippen LogP contribution is -2.16. The summed E-state index contributed by atoms with van der Waals surface area (Å²) in [5, 5.41) is 7.11. The van der Waals surface area contributed by atoms with E-state index in [0.717, 1.165) is 11.4 Å². The Bertz CT molecular complexity index is 573. The fourth-order valence-electron chi connectivity index (χ4n) is 2.79. The van der Waals surface area contributed by atoms with E-state index < -0.39 is 0 Å². The van der Waals surface area contributed by atoms with Crippen LogP contribution >= 0.6 is 0 Å². The van der Waals surface area contributed by atoms with Gasteiger partial charge in [-0.15, -0.1) is 0 Å². The summed E-state index contributed by atoms with van der Waals surface area (Å²) in [4.78, 5) is 16.1. The van der Waals surface area contributed by atoms with Gasteiger partial charge in [0, 0.05) is 6.42 Å². The van der Waals surface area contributed by atoms with Crippen molar-refractivity contribution in [2.45, 2.75) is 32.1 Å². The van der Waals surface area contributed by atoms with Crippen molar-refractivity contribution in [3.8, 4) is 5.69 Å². The lowest BCUT2D eigenvalue weighted by atomic mass is 10.0. The Morgan fingerprint density at radius 1 is 1.30 bits per heavy atom. The second-order valence-electron chi connectivity index (χ2n) is 5.26. The third-order valence-corrected chi connectivity index (χ3v) is 3.79. The Kier molecular flexibility index (Phi) is 3.76. The van der Waals surface area contributed by atoms with Crippen LogP contribution in [-0.4, -0.2) is 20.7 Å². The molecule has 104 valence electrons. The lowest BCUT2D eigenvalue weighted by molar-refractivity contribution is -0.117. The summed E-state index contributed by atoms with van der Waals surface area (Å²) >= 11 is 0. The van der Waals surface area contributed by atoms with Gasteiger partial charge in [-0.1, -0.05) is 25.0 Å². The highest BCUT2D eigenvalue weighted by molar-refractivity contribution is 5.92. The second-order valence-corrected chi connectivity index (χ2v) is 5.26. The molecule has 1 heterocycles. The van der Waals surface area contributed by atoms with Gasteiger partial charge >= 0.3 is 0 Å². The third-order valence-electron chi connectivity index (χ3n) is 3.79. The number of carbonyl (C=O) groups excluding carboxylic acids is 1. The van der Waals surface area contributed by atoms with Gasteiger partial charge in [-0.3, -0.25) is 4.79 Å². The Morgan fingerprint density at radius 2 is 2.10 bits per heavy atom. The molecule has 1 amide bonds. The number of para-hydroxylation sites is 2. The average Bonchev–Trinajstić information content (AvgIpc) is 3.11. The van der Waals surface area contributed by atoms with Crippen molar-refractivity contribution in [3.05, 3.63) is 36.9 Å². The molecule has 2 aromatic rings. The van der Waals surface area contributed by atoms with E-state index in [4.69, 9.17) is 0 Å². The molecular weight excluding hydrogens is 252 g/mol. The quantitative estimate of drug-likeness (QED) is 0.929. The van der Waals surface area contributed by atoms with Gasteiger partial charge < -0.3 is 5.32 Å². The van der Waals surface area contributed by atoms with Crippen molar-refractivity contribution in [1.29, 1.82) is 0 Å². The van der Waals surface area contributed by atoms with E-state index in [9.17, 15) is 4.79 Å². The van der Waals surface area contributed by atoms with E-state index in [0.29, 0.717) is 12.3 Å². The zero-order chi connectivity index (χ0) is 13.8. The van der Waals surface area contributed by atoms with Crippen molar-refractivity contribution in [3.63, 3.8) is 0 Å². The van der Waals surface area contributed by atoms with Crippen LogP contribution in [0.15, 0.2) is 36.9 Å². The molecule has 5 nitrogen and oxygen atoms in total. The minimum atomic E-state index is 0.0875. The number of hydrogen-bond donors (Lipinski definition) is 1. The molecule has 0 saturated heterocycles. The van der Waals surface area contributed by atoms with Crippen molar-refractivity contribution in [2.75, 3.05) is 5.32 Å². The first-order valence-electron chi connectivity index (χ1n) is 7.07. The van der Waals surface area contributed by atoms with Crippen LogP contribution in [0.25, 0.3) is 5.69 Å². The highest BCUT2D eigenvalue weighted by atomic mass is 16.1. The zero-order valence-electron chi connectivity index (χ0n) is 11.3. The van der Waals surface area contributed by atoms with E-state index in [2.05, 4.69) is 15.4 Å². The van der Waals surface area contributed by atoms with Gasteiger partial charge in [-0.25, -0.2) is 9.67 Å². The smallest absolute Gasteiger partial charge is 0.224 e. The van der Waals surface area contributed by atoms with Crippen molar-refractivity contribution >= 4 is 11.6 Å². The first-order chi connectivity index (χ1) is 9.83. The number of anilines is 1. The maximum absolute atomic E-state index is 12.1. The number of amides is 1. The molecule has 0 spiro atoms. The standard InChI is InChI=1S/C15H18N4O/c20-15(9-12-5-1-2-6-12)18-13-7-3-4-8-14(13)19-11-16-10-17-19/h3-4,7-8,10-12H,1-2,5-6,9H2,(H,18,20). The number of nitrogens with one attached hydrogen (secondary N) is 1. The van der Waals surface area contributed by atoms with Crippen LogP contribution in [0.4, 0.5) is 5.69 Å². The van der Waals surface area contributed by atoms with Crippen molar-refractivity contribution in [1.82, 2.24) is 14.8 Å². The van der Waals surface area contributed by atoms with Crippen LogP contribution in [-0.2, 0) is 4.79 Å². The van der Waals surface area contributed by atoms with Gasteiger partial charge in [-0.05, 0) is 30.9 Å². The van der Waals surface area contributed by atoms with Gasteiger partial charge in [0.1, 0.15) is 12.7 Å². The molecule has 1 N–H and O–H groups in total. The number of nitrogens with zero attached hydrogens (tertiary/aromatic N) is 3. The fourth-order valence-corrected chi connectivity index (χ4v) is 2.79. The summed E-state index contributed by atoms with van der Waals surface area (Å²) in [5.74, 6) is 0.637. The summed E-state index contributed by atoms with van der Waals surface area (Å²) in [6, 6.07) is 7.64. The molecule has 0 unspecified atom stereocenters. The number of aromatic nitrogens is 3. The van der Waals surface area contributed by atoms with Crippen molar-refractivity contribution < 1.29 is 4.79 Å². The van der Waals surface area contributed by atoms with Crippen molar-refractivity contribution in [2.24, 2.45) is 5.92 Å². The first kappa shape index (κ1) is 12.8.